The monoisotopic (exact) mass is 378 g/mol. The second kappa shape index (κ2) is 16.1. The van der Waals surface area contributed by atoms with Crippen molar-refractivity contribution in [1.29, 1.82) is 0 Å². The van der Waals surface area contributed by atoms with Crippen LogP contribution in [0, 0.1) is 0 Å². The van der Waals surface area contributed by atoms with Gasteiger partial charge in [-0.3, -0.25) is 4.55 Å². The highest BCUT2D eigenvalue weighted by Crippen LogP contribution is 2.18. The number of hydrogen-bond acceptors (Lipinski definition) is 3. The average Bonchev–Trinajstić information content (AvgIpc) is 2.54. The van der Waals surface area contributed by atoms with Crippen LogP contribution in [0.4, 0.5) is 0 Å². The van der Waals surface area contributed by atoms with Gasteiger partial charge in [0.1, 0.15) is 0 Å². The van der Waals surface area contributed by atoms with Crippen LogP contribution >= 0.6 is 0 Å². The summed E-state index contributed by atoms with van der Waals surface area (Å²) in [6, 6.07) is 0. The van der Waals surface area contributed by atoms with Crippen LogP contribution in [0.15, 0.2) is 0 Å². The molecule has 0 aliphatic rings. The summed E-state index contributed by atoms with van der Waals surface area (Å²) in [5.41, 5.74) is 0. The first-order chi connectivity index (χ1) is 11.9. The van der Waals surface area contributed by atoms with Crippen LogP contribution in [-0.2, 0) is 10.1 Å². The molecule has 0 aromatic carbocycles. The predicted octanol–water partition coefficient (Wildman–Crippen LogP) is 5.89. The number of rotatable bonds is 18. The SMILES string of the molecule is CCCCCCCCCCCCCCC(O)CC(CCC)S(=O)(=O)O. The van der Waals surface area contributed by atoms with Gasteiger partial charge < -0.3 is 5.11 Å². The summed E-state index contributed by atoms with van der Waals surface area (Å²) in [4.78, 5) is 0. The topological polar surface area (TPSA) is 74.6 Å². The third kappa shape index (κ3) is 15.8. The van der Waals surface area contributed by atoms with Crippen molar-refractivity contribution in [2.45, 2.75) is 128 Å². The number of aliphatic hydroxyl groups excluding tert-OH is 1. The van der Waals surface area contributed by atoms with E-state index in [4.69, 9.17) is 0 Å². The Hall–Kier alpha value is -0.130. The van der Waals surface area contributed by atoms with E-state index in [1.165, 1.54) is 64.2 Å². The van der Waals surface area contributed by atoms with E-state index in [2.05, 4.69) is 6.92 Å². The highest BCUT2D eigenvalue weighted by molar-refractivity contribution is 7.86. The molecule has 0 amide bonds. The summed E-state index contributed by atoms with van der Waals surface area (Å²) < 4.78 is 31.7. The third-order valence-electron chi connectivity index (χ3n) is 4.96. The largest absolute Gasteiger partial charge is 0.393 e. The van der Waals surface area contributed by atoms with E-state index in [1.807, 2.05) is 6.92 Å². The molecule has 0 saturated carbocycles. The van der Waals surface area contributed by atoms with E-state index in [1.54, 1.807) is 0 Å². The average molecular weight is 379 g/mol. The highest BCUT2D eigenvalue weighted by Gasteiger charge is 2.24. The fourth-order valence-corrected chi connectivity index (χ4v) is 4.35. The van der Waals surface area contributed by atoms with Gasteiger partial charge in [0.15, 0.2) is 0 Å². The molecule has 0 aliphatic heterocycles. The number of aliphatic hydroxyl groups is 1. The molecule has 0 bridgehead atoms. The molecule has 2 unspecified atom stereocenters. The van der Waals surface area contributed by atoms with Crippen molar-refractivity contribution in [3.05, 3.63) is 0 Å². The van der Waals surface area contributed by atoms with Crippen molar-refractivity contribution in [3.63, 3.8) is 0 Å². The standard InChI is InChI=1S/C20H42O4S/c1-3-5-6-7-8-9-10-11-12-13-14-15-17-19(21)18-20(16-4-2)25(22,23)24/h19-21H,3-18H2,1-2H3,(H,22,23,24). The van der Waals surface area contributed by atoms with Crippen molar-refractivity contribution in [2.24, 2.45) is 0 Å². The van der Waals surface area contributed by atoms with Gasteiger partial charge in [0.05, 0.1) is 11.4 Å². The van der Waals surface area contributed by atoms with E-state index in [9.17, 15) is 18.1 Å². The quantitative estimate of drug-likeness (QED) is 0.230. The first kappa shape index (κ1) is 24.9. The summed E-state index contributed by atoms with van der Waals surface area (Å²) in [6.07, 6.45) is 16.6. The maximum absolute atomic E-state index is 11.3. The summed E-state index contributed by atoms with van der Waals surface area (Å²) in [5, 5.41) is 9.18. The molecule has 0 spiro atoms. The Morgan fingerprint density at radius 2 is 1.12 bits per heavy atom. The van der Waals surface area contributed by atoms with Gasteiger partial charge in [-0.05, 0) is 19.3 Å². The molecule has 0 aromatic rings. The lowest BCUT2D eigenvalue weighted by Crippen LogP contribution is -2.26. The summed E-state index contributed by atoms with van der Waals surface area (Å²) >= 11 is 0. The Labute approximate surface area is 156 Å². The van der Waals surface area contributed by atoms with E-state index in [0.717, 1.165) is 12.8 Å². The Bertz CT molecular complexity index is 381. The maximum Gasteiger partial charge on any atom is 0.267 e. The van der Waals surface area contributed by atoms with Crippen LogP contribution in [0.25, 0.3) is 0 Å². The molecule has 4 nitrogen and oxygen atoms in total. The van der Waals surface area contributed by atoms with Gasteiger partial charge in [-0.25, -0.2) is 0 Å². The molecule has 0 aliphatic carbocycles. The Morgan fingerprint density at radius 1 is 0.680 bits per heavy atom. The Kier molecular flexibility index (Phi) is 16.0. The summed E-state index contributed by atoms with van der Waals surface area (Å²) in [6.45, 7) is 4.13. The van der Waals surface area contributed by atoms with E-state index >= 15 is 0 Å². The van der Waals surface area contributed by atoms with E-state index in [0.29, 0.717) is 19.3 Å². The van der Waals surface area contributed by atoms with Crippen molar-refractivity contribution >= 4 is 10.1 Å². The zero-order valence-corrected chi connectivity index (χ0v) is 17.4. The lowest BCUT2D eigenvalue weighted by Gasteiger charge is -2.17. The van der Waals surface area contributed by atoms with Gasteiger partial charge in [0.25, 0.3) is 10.1 Å². The molecule has 5 heteroatoms. The summed E-state index contributed by atoms with van der Waals surface area (Å²) in [5.74, 6) is 0. The smallest absolute Gasteiger partial charge is 0.267 e. The van der Waals surface area contributed by atoms with Gasteiger partial charge in [-0.1, -0.05) is 97.3 Å². The molecule has 2 N–H and O–H groups in total. The number of hydrogen-bond donors (Lipinski definition) is 2. The van der Waals surface area contributed by atoms with Gasteiger partial charge >= 0.3 is 0 Å². The zero-order chi connectivity index (χ0) is 19.0. The van der Waals surface area contributed by atoms with E-state index < -0.39 is 21.5 Å². The molecule has 152 valence electrons. The van der Waals surface area contributed by atoms with Crippen molar-refractivity contribution < 1.29 is 18.1 Å². The van der Waals surface area contributed by atoms with Gasteiger partial charge in [-0.15, -0.1) is 0 Å². The molecule has 0 radical (unpaired) electrons. The molecule has 0 saturated heterocycles. The normalized spacial score (nSPS) is 14.6. The van der Waals surface area contributed by atoms with Crippen LogP contribution in [0.3, 0.4) is 0 Å². The number of unbranched alkanes of at least 4 members (excludes halogenated alkanes) is 11. The van der Waals surface area contributed by atoms with Crippen molar-refractivity contribution in [3.8, 4) is 0 Å². The van der Waals surface area contributed by atoms with Crippen LogP contribution < -0.4 is 0 Å². The molecular formula is C20H42O4S. The molecule has 0 heterocycles. The maximum atomic E-state index is 11.3. The molecule has 25 heavy (non-hydrogen) atoms. The van der Waals surface area contributed by atoms with Crippen LogP contribution in [0.5, 0.6) is 0 Å². The molecule has 2 atom stereocenters. The minimum absolute atomic E-state index is 0.157. The van der Waals surface area contributed by atoms with Crippen LogP contribution in [0.2, 0.25) is 0 Å². The fourth-order valence-electron chi connectivity index (χ4n) is 3.35. The van der Waals surface area contributed by atoms with Gasteiger partial charge in [0, 0.05) is 0 Å². The predicted molar refractivity (Wildman–Crippen MR) is 107 cm³/mol. The van der Waals surface area contributed by atoms with Gasteiger partial charge in [-0.2, -0.15) is 8.42 Å². The molecule has 0 fully saturated rings. The molecular weight excluding hydrogens is 336 g/mol. The first-order valence-electron chi connectivity index (χ1n) is 10.6. The first-order valence-corrected chi connectivity index (χ1v) is 12.1. The minimum atomic E-state index is -4.04. The highest BCUT2D eigenvalue weighted by atomic mass is 32.2. The lowest BCUT2D eigenvalue weighted by atomic mass is 10.0. The zero-order valence-electron chi connectivity index (χ0n) is 16.6. The second-order valence-electron chi connectivity index (χ2n) is 7.49. The molecule has 0 rings (SSSR count). The Balaban J connectivity index is 3.52. The van der Waals surface area contributed by atoms with Crippen LogP contribution in [-0.4, -0.2) is 29.4 Å². The van der Waals surface area contributed by atoms with Gasteiger partial charge in [0.2, 0.25) is 0 Å². The van der Waals surface area contributed by atoms with Crippen molar-refractivity contribution in [1.82, 2.24) is 0 Å². The fraction of sp³-hybridized carbons (Fsp3) is 1.00. The van der Waals surface area contributed by atoms with E-state index in [-0.39, 0.29) is 6.42 Å². The third-order valence-corrected chi connectivity index (χ3v) is 6.23. The van der Waals surface area contributed by atoms with Crippen molar-refractivity contribution in [2.75, 3.05) is 0 Å². The Morgan fingerprint density at radius 3 is 1.52 bits per heavy atom. The van der Waals surface area contributed by atoms with Crippen LogP contribution in [0.1, 0.15) is 117 Å². The lowest BCUT2D eigenvalue weighted by molar-refractivity contribution is 0.147. The summed E-state index contributed by atoms with van der Waals surface area (Å²) in [7, 11) is -4.04. The second-order valence-corrected chi connectivity index (χ2v) is 9.19. The molecule has 0 aromatic heterocycles. The minimum Gasteiger partial charge on any atom is -0.393 e.